The van der Waals surface area contributed by atoms with Crippen molar-refractivity contribution in [1.29, 1.82) is 0 Å². The summed E-state index contributed by atoms with van der Waals surface area (Å²) in [5.74, 6) is 0.251. The fourth-order valence-corrected chi connectivity index (χ4v) is 3.90. The van der Waals surface area contributed by atoms with Gasteiger partial charge in [-0.25, -0.2) is 0 Å². The number of likely N-dealkylation sites (tertiary alicyclic amines) is 1. The predicted octanol–water partition coefficient (Wildman–Crippen LogP) is 2.91. The van der Waals surface area contributed by atoms with Gasteiger partial charge < -0.3 is 14.7 Å². The number of amides is 1. The quantitative estimate of drug-likeness (QED) is 0.855. The molecule has 0 N–H and O–H groups in total. The lowest BCUT2D eigenvalue weighted by atomic mass is 10.0. The summed E-state index contributed by atoms with van der Waals surface area (Å²) in [4.78, 5) is 19.5. The van der Waals surface area contributed by atoms with Gasteiger partial charge in [-0.15, -0.1) is 0 Å². The molecular formula is C19H29N3O. The highest BCUT2D eigenvalue weighted by molar-refractivity contribution is 5.94. The van der Waals surface area contributed by atoms with Crippen LogP contribution in [-0.4, -0.2) is 50.1 Å². The van der Waals surface area contributed by atoms with Crippen LogP contribution in [-0.2, 0) is 11.2 Å². The summed E-state index contributed by atoms with van der Waals surface area (Å²) in [6, 6.07) is 6.93. The molecule has 0 bridgehead atoms. The summed E-state index contributed by atoms with van der Waals surface area (Å²) in [6.45, 7) is 8.56. The number of hydrogen-bond acceptors (Lipinski definition) is 3. The van der Waals surface area contributed by atoms with Gasteiger partial charge in [-0.3, -0.25) is 4.79 Å². The minimum Gasteiger partial charge on any atom is -0.374 e. The van der Waals surface area contributed by atoms with Crippen LogP contribution >= 0.6 is 0 Å². The third-order valence-electron chi connectivity index (χ3n) is 5.42. The fraction of sp³-hybridized carbons (Fsp3) is 0.632. The average molecular weight is 315 g/mol. The first-order valence-electron chi connectivity index (χ1n) is 9.02. The minimum absolute atomic E-state index is 0.251. The molecule has 0 atom stereocenters. The molecule has 1 fully saturated rings. The van der Waals surface area contributed by atoms with Gasteiger partial charge in [0, 0.05) is 50.5 Å². The number of fused-ring (bicyclic) bond motifs is 1. The van der Waals surface area contributed by atoms with Gasteiger partial charge in [0.15, 0.2) is 0 Å². The van der Waals surface area contributed by atoms with Gasteiger partial charge in [-0.1, -0.05) is 19.9 Å². The Kier molecular flexibility index (Phi) is 4.90. The van der Waals surface area contributed by atoms with Gasteiger partial charge in [0.2, 0.25) is 5.91 Å². The maximum Gasteiger partial charge on any atom is 0.226 e. The van der Waals surface area contributed by atoms with E-state index < -0.39 is 0 Å². The number of nitrogens with zero attached hydrogens (tertiary/aromatic N) is 3. The molecule has 0 radical (unpaired) electrons. The second-order valence-electron chi connectivity index (χ2n) is 6.77. The molecule has 0 spiro atoms. The number of piperidine rings is 1. The van der Waals surface area contributed by atoms with Gasteiger partial charge in [0.25, 0.3) is 0 Å². The van der Waals surface area contributed by atoms with E-state index in [1.54, 1.807) is 0 Å². The summed E-state index contributed by atoms with van der Waals surface area (Å²) < 4.78 is 0. The van der Waals surface area contributed by atoms with Crippen molar-refractivity contribution in [2.45, 2.75) is 45.6 Å². The van der Waals surface area contributed by atoms with Gasteiger partial charge in [-0.2, -0.15) is 0 Å². The van der Waals surface area contributed by atoms with Crippen molar-refractivity contribution in [3.63, 3.8) is 0 Å². The van der Waals surface area contributed by atoms with E-state index in [1.807, 2.05) is 6.92 Å². The van der Waals surface area contributed by atoms with Crippen LogP contribution in [0.4, 0.5) is 11.4 Å². The number of rotatable bonds is 4. The lowest BCUT2D eigenvalue weighted by Gasteiger charge is -2.38. The van der Waals surface area contributed by atoms with Crippen molar-refractivity contribution in [3.8, 4) is 0 Å². The smallest absolute Gasteiger partial charge is 0.226 e. The molecule has 2 aliphatic heterocycles. The first-order chi connectivity index (χ1) is 11.1. The third-order valence-corrected chi connectivity index (χ3v) is 5.42. The molecule has 2 aliphatic rings. The maximum absolute atomic E-state index is 12.6. The van der Waals surface area contributed by atoms with Crippen molar-refractivity contribution >= 4 is 17.3 Å². The van der Waals surface area contributed by atoms with Gasteiger partial charge in [-0.05, 0) is 43.5 Å². The van der Waals surface area contributed by atoms with Crippen LogP contribution in [0.2, 0.25) is 0 Å². The zero-order chi connectivity index (χ0) is 16.4. The topological polar surface area (TPSA) is 26.8 Å². The Morgan fingerprint density at radius 3 is 2.61 bits per heavy atom. The van der Waals surface area contributed by atoms with Crippen LogP contribution in [0.1, 0.15) is 38.7 Å². The Labute approximate surface area is 140 Å². The Bertz CT molecular complexity index is 564. The van der Waals surface area contributed by atoms with Gasteiger partial charge in [0.05, 0.1) is 0 Å². The van der Waals surface area contributed by atoms with E-state index in [4.69, 9.17) is 0 Å². The number of carbonyl (C=O) groups excluding carboxylic acids is 1. The normalized spacial score (nSPS) is 19.0. The molecule has 0 saturated carbocycles. The number of likely N-dealkylation sites (N-methyl/N-ethyl adjacent to an activating group) is 1. The first kappa shape index (κ1) is 16.3. The summed E-state index contributed by atoms with van der Waals surface area (Å²) in [7, 11) is 2.14. The summed E-state index contributed by atoms with van der Waals surface area (Å²) >= 11 is 0. The number of anilines is 2. The van der Waals surface area contributed by atoms with Crippen LogP contribution in [0.5, 0.6) is 0 Å². The minimum atomic E-state index is 0.251. The zero-order valence-electron chi connectivity index (χ0n) is 14.7. The fourth-order valence-electron chi connectivity index (χ4n) is 3.90. The molecule has 0 unspecified atom stereocenters. The molecule has 4 heteroatoms. The predicted molar refractivity (Wildman–Crippen MR) is 96.3 cm³/mol. The molecule has 0 aromatic heterocycles. The molecule has 126 valence electrons. The standard InChI is InChI=1S/C19H29N3O/c1-4-19(23)22(16-9-12-21(5-2)13-10-16)17-7-6-15-8-11-20(3)18(15)14-17/h6-7,14,16H,4-5,8-13H2,1-3H3. The lowest BCUT2D eigenvalue weighted by molar-refractivity contribution is -0.119. The van der Waals surface area contributed by atoms with E-state index in [-0.39, 0.29) is 5.91 Å². The van der Waals surface area contributed by atoms with E-state index in [2.05, 4.69) is 46.9 Å². The van der Waals surface area contributed by atoms with Crippen molar-refractivity contribution in [3.05, 3.63) is 23.8 Å². The van der Waals surface area contributed by atoms with E-state index >= 15 is 0 Å². The summed E-state index contributed by atoms with van der Waals surface area (Å²) in [6.07, 6.45) is 3.84. The molecule has 0 aliphatic carbocycles. The van der Waals surface area contributed by atoms with E-state index in [9.17, 15) is 4.79 Å². The Balaban J connectivity index is 1.85. The van der Waals surface area contributed by atoms with Crippen molar-refractivity contribution in [2.75, 3.05) is 43.0 Å². The Hall–Kier alpha value is -1.55. The summed E-state index contributed by atoms with van der Waals surface area (Å²) in [5.41, 5.74) is 3.78. The molecule has 3 rings (SSSR count). The van der Waals surface area contributed by atoms with Crippen molar-refractivity contribution in [1.82, 2.24) is 4.90 Å². The monoisotopic (exact) mass is 315 g/mol. The molecule has 2 heterocycles. The largest absolute Gasteiger partial charge is 0.374 e. The molecular weight excluding hydrogens is 286 g/mol. The van der Waals surface area contributed by atoms with Crippen LogP contribution in [0, 0.1) is 0 Å². The third kappa shape index (κ3) is 3.23. The number of carbonyl (C=O) groups is 1. The average Bonchev–Trinajstić information content (AvgIpc) is 2.96. The van der Waals surface area contributed by atoms with Crippen molar-refractivity contribution in [2.24, 2.45) is 0 Å². The van der Waals surface area contributed by atoms with Gasteiger partial charge >= 0.3 is 0 Å². The highest BCUT2D eigenvalue weighted by Crippen LogP contribution is 2.33. The molecule has 4 nitrogen and oxygen atoms in total. The molecule has 23 heavy (non-hydrogen) atoms. The molecule has 1 aromatic rings. The van der Waals surface area contributed by atoms with Crippen LogP contribution in [0.25, 0.3) is 0 Å². The van der Waals surface area contributed by atoms with E-state index in [0.29, 0.717) is 12.5 Å². The van der Waals surface area contributed by atoms with E-state index in [1.165, 1.54) is 11.3 Å². The summed E-state index contributed by atoms with van der Waals surface area (Å²) in [5, 5.41) is 0. The zero-order valence-corrected chi connectivity index (χ0v) is 14.7. The molecule has 1 aromatic carbocycles. The van der Waals surface area contributed by atoms with Crippen LogP contribution in [0.15, 0.2) is 18.2 Å². The van der Waals surface area contributed by atoms with Crippen LogP contribution in [0.3, 0.4) is 0 Å². The first-order valence-corrected chi connectivity index (χ1v) is 9.02. The van der Waals surface area contributed by atoms with Crippen LogP contribution < -0.4 is 9.80 Å². The van der Waals surface area contributed by atoms with E-state index in [0.717, 1.165) is 51.1 Å². The maximum atomic E-state index is 12.6. The molecule has 1 amide bonds. The number of hydrogen-bond donors (Lipinski definition) is 0. The van der Waals surface area contributed by atoms with Crippen molar-refractivity contribution < 1.29 is 4.79 Å². The second-order valence-corrected chi connectivity index (χ2v) is 6.77. The Morgan fingerprint density at radius 2 is 1.96 bits per heavy atom. The molecule has 1 saturated heterocycles. The highest BCUT2D eigenvalue weighted by Gasteiger charge is 2.29. The SMILES string of the molecule is CCC(=O)N(c1ccc2c(c1)N(C)CC2)C1CCN(CC)CC1. The van der Waals surface area contributed by atoms with Gasteiger partial charge in [0.1, 0.15) is 0 Å². The number of benzene rings is 1. The lowest BCUT2D eigenvalue weighted by Crippen LogP contribution is -2.47. The second kappa shape index (κ2) is 6.91. The Morgan fingerprint density at radius 1 is 1.22 bits per heavy atom. The highest BCUT2D eigenvalue weighted by atomic mass is 16.2.